The van der Waals surface area contributed by atoms with E-state index in [-0.39, 0.29) is 0 Å². The fourth-order valence-corrected chi connectivity index (χ4v) is 1.27. The smallest absolute Gasteiger partial charge is 0.0107 e. The van der Waals surface area contributed by atoms with E-state index in [1.165, 1.54) is 11.1 Å². The molecule has 76 valence electrons. The first-order valence-electron chi connectivity index (χ1n) is 5.32. The van der Waals surface area contributed by atoms with Gasteiger partial charge >= 0.3 is 0 Å². The second kappa shape index (κ2) is 6.64. The first-order chi connectivity index (χ1) is 7.47. The Bertz CT molecular complexity index is 399. The molecular weight excluding hydrogens is 180 g/mol. The van der Waals surface area contributed by atoms with Crippen molar-refractivity contribution >= 4 is 5.57 Å². The Morgan fingerprint density at radius 2 is 1.67 bits per heavy atom. The fourth-order valence-electron chi connectivity index (χ4n) is 1.27. The maximum atomic E-state index is 3.09. The largest absolute Gasteiger partial charge is 0.120 e. The van der Waals surface area contributed by atoms with E-state index in [1.807, 2.05) is 56.4 Å². The van der Waals surface area contributed by atoms with Crippen LogP contribution >= 0.6 is 0 Å². The molecule has 0 heteroatoms. The Morgan fingerprint density at radius 1 is 0.933 bits per heavy atom. The van der Waals surface area contributed by atoms with Gasteiger partial charge in [-0.25, -0.2) is 0 Å². The quantitative estimate of drug-likeness (QED) is 0.585. The highest BCUT2D eigenvalue weighted by atomic mass is 14.0. The van der Waals surface area contributed by atoms with Gasteiger partial charge in [0, 0.05) is 0 Å². The monoisotopic (exact) mass is 196 g/mol. The van der Waals surface area contributed by atoms with Gasteiger partial charge in [-0.05, 0) is 23.3 Å². The van der Waals surface area contributed by atoms with Crippen LogP contribution in [0.3, 0.4) is 0 Å². The predicted octanol–water partition coefficient (Wildman–Crippen LogP) is 4.38. The lowest BCUT2D eigenvalue weighted by atomic mass is 10.1. The summed E-state index contributed by atoms with van der Waals surface area (Å²) >= 11 is 0. The van der Waals surface area contributed by atoms with Crippen molar-refractivity contribution in [1.82, 2.24) is 0 Å². The van der Waals surface area contributed by atoms with Crippen molar-refractivity contribution in [2.45, 2.75) is 13.8 Å². The number of hydrogen-bond donors (Lipinski definition) is 0. The minimum atomic E-state index is 1.20. The van der Waals surface area contributed by atoms with Crippen LogP contribution < -0.4 is 0 Å². The van der Waals surface area contributed by atoms with Crippen LogP contribution in [-0.2, 0) is 0 Å². The zero-order valence-electron chi connectivity index (χ0n) is 9.27. The van der Waals surface area contributed by atoms with Gasteiger partial charge in [0.2, 0.25) is 0 Å². The van der Waals surface area contributed by atoms with E-state index >= 15 is 0 Å². The Balaban J connectivity index is 0.000000531. The lowest BCUT2D eigenvalue weighted by Crippen LogP contribution is -1.77. The van der Waals surface area contributed by atoms with Gasteiger partial charge in [0.15, 0.2) is 0 Å². The summed E-state index contributed by atoms with van der Waals surface area (Å²) in [6.45, 7) is 4.00. The van der Waals surface area contributed by atoms with E-state index in [4.69, 9.17) is 0 Å². The third-order valence-electron chi connectivity index (χ3n) is 1.93. The van der Waals surface area contributed by atoms with Crippen LogP contribution in [0, 0.1) is 0 Å². The van der Waals surface area contributed by atoms with Crippen LogP contribution in [0.2, 0.25) is 0 Å². The molecule has 0 atom stereocenters. The number of benzene rings is 1. The molecular formula is C15H16. The van der Waals surface area contributed by atoms with E-state index in [0.717, 1.165) is 0 Å². The molecule has 0 fully saturated rings. The van der Waals surface area contributed by atoms with Crippen molar-refractivity contribution in [3.05, 3.63) is 72.0 Å². The normalized spacial score (nSPS) is 12.5. The van der Waals surface area contributed by atoms with Crippen LogP contribution in [0.1, 0.15) is 19.4 Å². The van der Waals surface area contributed by atoms with Crippen molar-refractivity contribution < 1.29 is 0 Å². The SMILES string of the molecule is C1=CC=CC=C(c2ccccc2)C=1.CC. The Hall–Kier alpha value is -1.78. The van der Waals surface area contributed by atoms with Crippen molar-refractivity contribution in [1.29, 1.82) is 0 Å². The average Bonchev–Trinajstić information content (AvgIpc) is 2.61. The summed E-state index contributed by atoms with van der Waals surface area (Å²) in [7, 11) is 0. The molecule has 0 bridgehead atoms. The molecule has 0 aliphatic heterocycles. The zero-order chi connectivity index (χ0) is 10.9. The third kappa shape index (κ3) is 3.46. The van der Waals surface area contributed by atoms with Crippen molar-refractivity contribution in [2.75, 3.05) is 0 Å². The molecule has 0 aromatic heterocycles. The van der Waals surface area contributed by atoms with E-state index in [9.17, 15) is 0 Å². The topological polar surface area (TPSA) is 0 Å². The first-order valence-corrected chi connectivity index (χ1v) is 5.32. The van der Waals surface area contributed by atoms with Crippen LogP contribution in [-0.4, -0.2) is 0 Å². The molecule has 1 aromatic carbocycles. The summed E-state index contributed by atoms with van der Waals surface area (Å²) in [6.07, 6.45) is 10.00. The van der Waals surface area contributed by atoms with Gasteiger partial charge in [0.05, 0.1) is 0 Å². The molecule has 0 unspecified atom stereocenters. The molecule has 0 amide bonds. The van der Waals surface area contributed by atoms with Crippen LogP contribution in [0.25, 0.3) is 5.57 Å². The van der Waals surface area contributed by atoms with E-state index in [1.54, 1.807) is 0 Å². The van der Waals surface area contributed by atoms with Crippen LogP contribution in [0.4, 0.5) is 0 Å². The molecule has 0 N–H and O–H groups in total. The van der Waals surface area contributed by atoms with Crippen molar-refractivity contribution in [3.8, 4) is 0 Å². The zero-order valence-corrected chi connectivity index (χ0v) is 9.27. The maximum Gasteiger partial charge on any atom is -0.0107 e. The molecule has 15 heavy (non-hydrogen) atoms. The van der Waals surface area contributed by atoms with Crippen molar-refractivity contribution in [3.63, 3.8) is 0 Å². The van der Waals surface area contributed by atoms with Crippen LogP contribution in [0.5, 0.6) is 0 Å². The van der Waals surface area contributed by atoms with E-state index < -0.39 is 0 Å². The summed E-state index contributed by atoms with van der Waals surface area (Å²) in [6, 6.07) is 10.3. The van der Waals surface area contributed by atoms with Crippen LogP contribution in [0.15, 0.2) is 66.4 Å². The summed E-state index contributed by atoms with van der Waals surface area (Å²) in [5.41, 5.74) is 5.52. The van der Waals surface area contributed by atoms with Gasteiger partial charge in [0.25, 0.3) is 0 Å². The van der Waals surface area contributed by atoms with Gasteiger partial charge < -0.3 is 0 Å². The molecule has 0 heterocycles. The molecule has 0 spiro atoms. The highest BCUT2D eigenvalue weighted by Crippen LogP contribution is 2.15. The minimum Gasteiger partial charge on any atom is -0.120 e. The van der Waals surface area contributed by atoms with Gasteiger partial charge in [0.1, 0.15) is 0 Å². The molecule has 2 rings (SSSR count). The first kappa shape index (κ1) is 11.3. The average molecular weight is 196 g/mol. The lowest BCUT2D eigenvalue weighted by Gasteiger charge is -1.98. The second-order valence-corrected chi connectivity index (χ2v) is 2.85. The molecule has 1 aliphatic carbocycles. The van der Waals surface area contributed by atoms with E-state index in [2.05, 4.69) is 23.9 Å². The highest BCUT2D eigenvalue weighted by Gasteiger charge is 1.94. The Kier molecular flexibility index (Phi) is 5.00. The molecule has 1 aliphatic rings. The number of hydrogen-bond acceptors (Lipinski definition) is 0. The Labute approximate surface area is 92.0 Å². The maximum absolute atomic E-state index is 3.09. The Morgan fingerprint density at radius 3 is 2.40 bits per heavy atom. The minimum absolute atomic E-state index is 1.20. The van der Waals surface area contributed by atoms with E-state index in [0.29, 0.717) is 0 Å². The van der Waals surface area contributed by atoms with Gasteiger partial charge in [-0.3, -0.25) is 0 Å². The second-order valence-electron chi connectivity index (χ2n) is 2.85. The molecule has 0 saturated carbocycles. The lowest BCUT2D eigenvalue weighted by molar-refractivity contribution is 1.50. The third-order valence-corrected chi connectivity index (χ3v) is 1.93. The van der Waals surface area contributed by atoms with Gasteiger partial charge in [-0.1, -0.05) is 62.4 Å². The summed E-state index contributed by atoms with van der Waals surface area (Å²) in [5, 5.41) is 0. The highest BCUT2D eigenvalue weighted by molar-refractivity contribution is 5.75. The molecule has 0 nitrogen and oxygen atoms in total. The summed E-state index contributed by atoms with van der Waals surface area (Å²) in [5.74, 6) is 0. The molecule has 1 aromatic rings. The van der Waals surface area contributed by atoms with Gasteiger partial charge in [-0.15, -0.1) is 5.73 Å². The number of rotatable bonds is 1. The summed E-state index contributed by atoms with van der Waals surface area (Å²) in [4.78, 5) is 0. The molecule has 0 radical (unpaired) electrons. The standard InChI is InChI=1S/C13H10.C2H6/c1-2-5-9-12(8-4-1)13-10-6-3-7-11-13;1-2/h1-4,6-11H;1-2H3. The predicted molar refractivity (Wildman–Crippen MR) is 67.6 cm³/mol. The fraction of sp³-hybridized carbons (Fsp3) is 0.133. The summed E-state index contributed by atoms with van der Waals surface area (Å²) < 4.78 is 0. The molecule has 0 saturated heterocycles. The number of allylic oxidation sites excluding steroid dienone is 5. The van der Waals surface area contributed by atoms with Gasteiger partial charge in [-0.2, -0.15) is 0 Å². The van der Waals surface area contributed by atoms with Crippen molar-refractivity contribution in [2.24, 2.45) is 0 Å².